The number of ketones is 2. The van der Waals surface area contributed by atoms with Gasteiger partial charge in [0, 0.05) is 17.3 Å². The highest BCUT2D eigenvalue weighted by atomic mass is 32.2. The van der Waals surface area contributed by atoms with Crippen LogP contribution in [-0.2, 0) is 11.0 Å². The lowest BCUT2D eigenvalue weighted by atomic mass is 10.0. The zero-order valence-electron chi connectivity index (χ0n) is 12.9. The Morgan fingerprint density at radius 2 is 1.32 bits per heavy atom. The summed E-state index contributed by atoms with van der Waals surface area (Å²) < 4.78 is 24.8. The van der Waals surface area contributed by atoms with E-state index in [1.807, 2.05) is 12.1 Å². The average Bonchev–Trinajstić information content (AvgIpc) is 3.15. The Kier molecular flexibility index (Phi) is 6.61. The van der Waals surface area contributed by atoms with Crippen LogP contribution in [0.25, 0.3) is 0 Å². The van der Waals surface area contributed by atoms with E-state index in [-0.39, 0.29) is 0 Å². The van der Waals surface area contributed by atoms with E-state index in [1.54, 1.807) is 48.5 Å². The van der Waals surface area contributed by atoms with Gasteiger partial charge in [-0.15, -0.1) is 0 Å². The first-order chi connectivity index (χ1) is 12.1. The molecule has 0 radical (unpaired) electrons. The molecular weight excluding hydrogens is 344 g/mol. The third kappa shape index (κ3) is 5.70. The van der Waals surface area contributed by atoms with E-state index in [0.29, 0.717) is 11.1 Å². The van der Waals surface area contributed by atoms with Crippen LogP contribution in [0.5, 0.6) is 0 Å². The lowest BCUT2D eigenvalue weighted by Gasteiger charge is -1.99. The molecule has 0 aliphatic carbocycles. The second-order valence-corrected chi connectivity index (χ2v) is 5.23. The van der Waals surface area contributed by atoms with Gasteiger partial charge in [0.1, 0.15) is 6.33 Å². The van der Waals surface area contributed by atoms with Gasteiger partial charge in [0.15, 0.2) is 0 Å². The van der Waals surface area contributed by atoms with Gasteiger partial charge in [0.05, 0.1) is 6.20 Å². The van der Waals surface area contributed by atoms with Crippen molar-refractivity contribution in [1.29, 1.82) is 0 Å². The molecule has 0 bridgehead atoms. The molecule has 3 rings (SSSR count). The number of hydrogen-bond donors (Lipinski definition) is 1. The summed E-state index contributed by atoms with van der Waals surface area (Å²) in [5, 5.41) is 0. The Labute approximate surface area is 145 Å². The van der Waals surface area contributed by atoms with Gasteiger partial charge in [-0.2, -0.15) is 13.1 Å². The summed E-state index contributed by atoms with van der Waals surface area (Å²) >= 11 is 0. The molecule has 0 amide bonds. The number of nitrogens with zero attached hydrogens (tertiary/aromatic N) is 2. The number of carbonyl (C=O) groups is 2. The lowest BCUT2D eigenvalue weighted by Crippen LogP contribution is -2.14. The van der Waals surface area contributed by atoms with Gasteiger partial charge < -0.3 is 0 Å². The first kappa shape index (κ1) is 18.1. The molecule has 3 aromatic rings. The summed E-state index contributed by atoms with van der Waals surface area (Å²) in [5.41, 5.74) is 0.854. The van der Waals surface area contributed by atoms with Gasteiger partial charge in [0.2, 0.25) is 11.6 Å². The highest BCUT2D eigenvalue weighted by Gasteiger charge is 2.16. The van der Waals surface area contributed by atoms with Crippen molar-refractivity contribution in [2.75, 3.05) is 0 Å². The molecule has 0 aliphatic rings. The average molecular weight is 358 g/mol. The number of rotatable bonds is 5. The van der Waals surface area contributed by atoms with Crippen molar-refractivity contribution in [3.05, 3.63) is 90.5 Å². The standard InChI is InChI=1S/C14H10O2.C3H4N2O3S/c15-13(11-7-3-1-4-8-11)14(16)12-9-5-2-6-10-12;6-9(7)8-5-2-1-4-3-5/h1-10H;1-3,9H. The molecule has 1 heterocycles. The molecule has 0 spiro atoms. The fourth-order valence-electron chi connectivity index (χ4n) is 1.81. The van der Waals surface area contributed by atoms with Crippen LogP contribution in [0.4, 0.5) is 0 Å². The van der Waals surface area contributed by atoms with E-state index in [4.69, 9.17) is 0 Å². The fourth-order valence-corrected chi connectivity index (χ4v) is 2.06. The largest absolute Gasteiger partial charge is 0.317 e. The van der Waals surface area contributed by atoms with Crippen LogP contribution in [0.15, 0.2) is 79.4 Å². The first-order valence-electron chi connectivity index (χ1n) is 7.08. The topological polar surface area (TPSA) is 95.3 Å². The minimum atomic E-state index is -2.83. The molecule has 0 N–H and O–H groups in total. The minimum absolute atomic E-state index is 0.427. The Morgan fingerprint density at radius 3 is 1.68 bits per heavy atom. The molecule has 0 fully saturated rings. The maximum atomic E-state index is 11.8. The highest BCUT2D eigenvalue weighted by Crippen LogP contribution is 2.07. The van der Waals surface area contributed by atoms with Gasteiger partial charge in [-0.3, -0.25) is 13.9 Å². The van der Waals surface area contributed by atoms with Crippen molar-refractivity contribution in [3.63, 3.8) is 0 Å². The first-order valence-corrected chi connectivity index (χ1v) is 8.17. The van der Waals surface area contributed by atoms with Crippen molar-refractivity contribution in [3.8, 4) is 0 Å². The number of hydrogen-bond acceptors (Lipinski definition) is 6. The molecule has 0 aliphatic heterocycles. The Bertz CT molecular complexity index is 834. The number of benzene rings is 2. The lowest BCUT2D eigenvalue weighted by molar-refractivity contribution is 0.0817. The van der Waals surface area contributed by atoms with Crippen LogP contribution < -0.4 is 4.28 Å². The molecule has 0 unspecified atom stereocenters. The molecule has 0 atom stereocenters. The number of thiol groups is 1. The van der Waals surface area contributed by atoms with E-state index in [0.717, 1.165) is 4.73 Å². The minimum Gasteiger partial charge on any atom is -0.288 e. The third-order valence-electron chi connectivity index (χ3n) is 2.92. The van der Waals surface area contributed by atoms with Crippen molar-refractivity contribution in [2.24, 2.45) is 0 Å². The van der Waals surface area contributed by atoms with E-state index >= 15 is 0 Å². The number of imidazole rings is 1. The molecule has 7 nitrogen and oxygen atoms in total. The number of carbonyl (C=O) groups excluding carboxylic acids is 2. The zero-order valence-corrected chi connectivity index (χ0v) is 13.8. The normalized spacial score (nSPS) is 9.80. The Balaban J connectivity index is 0.000000212. The van der Waals surface area contributed by atoms with Crippen LogP contribution in [0.3, 0.4) is 0 Å². The molecule has 2 aromatic carbocycles. The number of Topliss-reactive ketones (excluding diaryl/α,β-unsaturated/α-hetero) is 2. The van der Waals surface area contributed by atoms with E-state index in [9.17, 15) is 18.0 Å². The second-order valence-electron chi connectivity index (χ2n) is 4.62. The predicted molar refractivity (Wildman–Crippen MR) is 90.7 cm³/mol. The SMILES string of the molecule is O=C(C(=O)c1ccccc1)c1ccccc1.O=[SH](=O)On1ccnc1. The fraction of sp³-hybridized carbons (Fsp3) is 0. The van der Waals surface area contributed by atoms with E-state index in [1.165, 1.54) is 18.7 Å². The summed E-state index contributed by atoms with van der Waals surface area (Å²) in [6.07, 6.45) is 4.04. The van der Waals surface area contributed by atoms with Gasteiger partial charge in [-0.05, 0) is 0 Å². The Hall–Kier alpha value is -3.26. The quantitative estimate of drug-likeness (QED) is 0.423. The smallest absolute Gasteiger partial charge is 0.288 e. The van der Waals surface area contributed by atoms with Crippen molar-refractivity contribution in [1.82, 2.24) is 9.71 Å². The van der Waals surface area contributed by atoms with E-state index in [2.05, 4.69) is 9.27 Å². The molecule has 0 saturated carbocycles. The van der Waals surface area contributed by atoms with Crippen molar-refractivity contribution in [2.45, 2.75) is 0 Å². The maximum absolute atomic E-state index is 11.8. The van der Waals surface area contributed by atoms with E-state index < -0.39 is 22.6 Å². The highest BCUT2D eigenvalue weighted by molar-refractivity contribution is 7.67. The summed E-state index contributed by atoms with van der Waals surface area (Å²) in [7, 11) is -2.83. The Morgan fingerprint density at radius 1 is 0.840 bits per heavy atom. The molecule has 25 heavy (non-hydrogen) atoms. The molecular formula is C17H14N2O5S. The molecule has 1 aromatic heterocycles. The van der Waals surface area contributed by atoms with Crippen LogP contribution in [-0.4, -0.2) is 29.7 Å². The van der Waals surface area contributed by atoms with Gasteiger partial charge >= 0.3 is 11.0 Å². The molecule has 0 saturated heterocycles. The predicted octanol–water partition coefficient (Wildman–Crippen LogP) is 1.59. The molecule has 8 heteroatoms. The molecule has 128 valence electrons. The van der Waals surface area contributed by atoms with Crippen molar-refractivity contribution < 1.29 is 22.3 Å². The second kappa shape index (κ2) is 9.14. The van der Waals surface area contributed by atoms with Gasteiger partial charge in [0.25, 0.3) is 0 Å². The van der Waals surface area contributed by atoms with Crippen molar-refractivity contribution >= 4 is 22.6 Å². The monoisotopic (exact) mass is 358 g/mol. The summed E-state index contributed by atoms with van der Waals surface area (Å²) in [5.74, 6) is -0.932. The summed E-state index contributed by atoms with van der Waals surface area (Å²) in [6, 6.07) is 17.2. The maximum Gasteiger partial charge on any atom is 0.317 e. The number of aromatic nitrogens is 2. The van der Waals surface area contributed by atoms with Crippen LogP contribution in [0, 0.1) is 0 Å². The van der Waals surface area contributed by atoms with Crippen LogP contribution in [0.2, 0.25) is 0 Å². The zero-order chi connectivity index (χ0) is 18.1. The van der Waals surface area contributed by atoms with Gasteiger partial charge in [-0.1, -0.05) is 60.7 Å². The van der Waals surface area contributed by atoms with Crippen LogP contribution >= 0.6 is 0 Å². The van der Waals surface area contributed by atoms with Crippen LogP contribution in [0.1, 0.15) is 20.7 Å². The van der Waals surface area contributed by atoms with Gasteiger partial charge in [-0.25, -0.2) is 4.98 Å². The summed E-state index contributed by atoms with van der Waals surface area (Å²) in [4.78, 5) is 27.1. The summed E-state index contributed by atoms with van der Waals surface area (Å²) in [6.45, 7) is 0. The third-order valence-corrected chi connectivity index (χ3v) is 3.24.